The normalized spacial score (nSPS) is 14.2. The van der Waals surface area contributed by atoms with Crippen molar-refractivity contribution in [2.45, 2.75) is 26.3 Å². The highest BCUT2D eigenvalue weighted by Gasteiger charge is 2.18. The van der Waals surface area contributed by atoms with Crippen molar-refractivity contribution in [1.29, 1.82) is 0 Å². The third-order valence-corrected chi connectivity index (χ3v) is 4.57. The fraction of sp³-hybridized carbons (Fsp3) is 0.294. The molecule has 3 heteroatoms. The molecule has 0 unspecified atom stereocenters. The summed E-state index contributed by atoms with van der Waals surface area (Å²) in [5, 5.41) is 1.49. The number of fused-ring (bicyclic) bond motifs is 1. The van der Waals surface area contributed by atoms with Gasteiger partial charge >= 0.3 is 0 Å². The molecule has 0 radical (unpaired) electrons. The Morgan fingerprint density at radius 3 is 2.60 bits per heavy atom. The van der Waals surface area contributed by atoms with Crippen LogP contribution in [0.5, 0.6) is 0 Å². The molecule has 0 spiro atoms. The van der Waals surface area contributed by atoms with Crippen molar-refractivity contribution in [3.63, 3.8) is 0 Å². The molecule has 20 heavy (non-hydrogen) atoms. The van der Waals surface area contributed by atoms with Crippen LogP contribution in [0.3, 0.4) is 0 Å². The van der Waals surface area contributed by atoms with E-state index in [0.717, 1.165) is 35.1 Å². The maximum atomic E-state index is 6.29. The van der Waals surface area contributed by atoms with Gasteiger partial charge < -0.3 is 4.90 Å². The summed E-state index contributed by atoms with van der Waals surface area (Å²) in [6, 6.07) is 12.4. The van der Waals surface area contributed by atoms with Gasteiger partial charge in [0.15, 0.2) is 0 Å². The van der Waals surface area contributed by atoms with Crippen molar-refractivity contribution < 1.29 is 0 Å². The Morgan fingerprint density at radius 2 is 1.85 bits per heavy atom. The fourth-order valence-corrected chi connectivity index (χ4v) is 3.36. The van der Waals surface area contributed by atoms with Crippen molar-refractivity contribution in [1.82, 2.24) is 0 Å². The maximum absolute atomic E-state index is 6.29. The van der Waals surface area contributed by atoms with Crippen LogP contribution in [-0.2, 0) is 13.0 Å². The van der Waals surface area contributed by atoms with Gasteiger partial charge in [0.1, 0.15) is 0 Å². The lowest BCUT2D eigenvalue weighted by atomic mass is 9.99. The second kappa shape index (κ2) is 5.67. The van der Waals surface area contributed by atoms with E-state index < -0.39 is 0 Å². The molecule has 0 N–H and O–H groups in total. The van der Waals surface area contributed by atoms with Crippen molar-refractivity contribution >= 4 is 28.9 Å². The third kappa shape index (κ3) is 2.65. The first-order valence-electron chi connectivity index (χ1n) is 6.92. The Kier molecular flexibility index (Phi) is 3.91. The van der Waals surface area contributed by atoms with Crippen LogP contribution in [0.15, 0.2) is 36.4 Å². The molecule has 0 aliphatic carbocycles. The second-order valence-electron chi connectivity index (χ2n) is 5.36. The van der Waals surface area contributed by atoms with Crippen molar-refractivity contribution in [3.8, 4) is 0 Å². The Morgan fingerprint density at radius 1 is 1.10 bits per heavy atom. The first-order chi connectivity index (χ1) is 9.65. The van der Waals surface area contributed by atoms with Gasteiger partial charge in [0.05, 0.1) is 0 Å². The molecule has 0 saturated carbocycles. The molecule has 104 valence electrons. The molecular formula is C17H17Cl2N. The fourth-order valence-electron chi connectivity index (χ4n) is 2.84. The van der Waals surface area contributed by atoms with Crippen molar-refractivity contribution in [2.75, 3.05) is 11.4 Å². The van der Waals surface area contributed by atoms with Crippen LogP contribution in [0.1, 0.15) is 23.1 Å². The SMILES string of the molecule is Cc1ccc2c(c1)CCCN2Cc1c(Cl)cccc1Cl. The molecule has 2 aromatic carbocycles. The molecule has 0 fully saturated rings. The first-order valence-corrected chi connectivity index (χ1v) is 7.68. The molecular weight excluding hydrogens is 289 g/mol. The summed E-state index contributed by atoms with van der Waals surface area (Å²) in [6.07, 6.45) is 2.34. The third-order valence-electron chi connectivity index (χ3n) is 3.86. The quantitative estimate of drug-likeness (QED) is 0.732. The topological polar surface area (TPSA) is 3.24 Å². The maximum Gasteiger partial charge on any atom is 0.0470 e. The van der Waals surface area contributed by atoms with E-state index >= 15 is 0 Å². The van der Waals surface area contributed by atoms with Crippen molar-refractivity contribution in [3.05, 3.63) is 63.1 Å². The largest absolute Gasteiger partial charge is 0.367 e. The summed E-state index contributed by atoms with van der Waals surface area (Å²) in [6.45, 7) is 3.97. The summed E-state index contributed by atoms with van der Waals surface area (Å²) in [5.41, 5.74) is 5.09. The molecule has 1 aliphatic rings. The monoisotopic (exact) mass is 305 g/mol. The van der Waals surface area contributed by atoms with Gasteiger partial charge in [-0.15, -0.1) is 0 Å². The van der Waals surface area contributed by atoms with Gasteiger partial charge in [-0.05, 0) is 43.5 Å². The first kappa shape index (κ1) is 13.8. The molecule has 0 aromatic heterocycles. The van der Waals surface area contributed by atoms with Gasteiger partial charge in [0, 0.05) is 34.4 Å². The molecule has 0 saturated heterocycles. The molecule has 1 aliphatic heterocycles. The van der Waals surface area contributed by atoms with Crippen LogP contribution in [0.2, 0.25) is 10.0 Å². The lowest BCUT2D eigenvalue weighted by Gasteiger charge is -2.32. The molecule has 1 nitrogen and oxygen atoms in total. The number of anilines is 1. The number of aryl methyl sites for hydroxylation is 2. The molecule has 0 atom stereocenters. The van der Waals surface area contributed by atoms with Crippen LogP contribution < -0.4 is 4.90 Å². The van der Waals surface area contributed by atoms with Gasteiger partial charge in [-0.2, -0.15) is 0 Å². The van der Waals surface area contributed by atoms with E-state index in [0.29, 0.717) is 0 Å². The molecule has 2 aromatic rings. The number of halogens is 2. The van der Waals surface area contributed by atoms with E-state index in [-0.39, 0.29) is 0 Å². The average Bonchev–Trinajstić information content (AvgIpc) is 2.42. The van der Waals surface area contributed by atoms with E-state index in [1.807, 2.05) is 18.2 Å². The van der Waals surface area contributed by atoms with Crippen LogP contribution in [0.25, 0.3) is 0 Å². The Bertz CT molecular complexity index is 617. The highest BCUT2D eigenvalue weighted by molar-refractivity contribution is 6.36. The smallest absolute Gasteiger partial charge is 0.0470 e. The zero-order valence-electron chi connectivity index (χ0n) is 11.5. The van der Waals surface area contributed by atoms with E-state index in [9.17, 15) is 0 Å². The predicted molar refractivity (Wildman–Crippen MR) is 87.0 cm³/mol. The van der Waals surface area contributed by atoms with Gasteiger partial charge in [-0.3, -0.25) is 0 Å². The number of benzene rings is 2. The standard InChI is InChI=1S/C17H17Cl2N/c1-12-7-8-17-13(10-12)4-3-9-20(17)11-14-15(18)5-2-6-16(14)19/h2,5-8,10H,3-4,9,11H2,1H3. The summed E-state index contributed by atoms with van der Waals surface area (Å²) in [5.74, 6) is 0. The average molecular weight is 306 g/mol. The van der Waals surface area contributed by atoms with Crippen LogP contribution in [0.4, 0.5) is 5.69 Å². The summed E-state index contributed by atoms with van der Waals surface area (Å²) < 4.78 is 0. The molecule has 0 bridgehead atoms. The minimum absolute atomic E-state index is 0.747. The Labute approximate surface area is 130 Å². The van der Waals surface area contributed by atoms with E-state index in [1.165, 1.54) is 23.2 Å². The zero-order chi connectivity index (χ0) is 14.1. The van der Waals surface area contributed by atoms with Crippen LogP contribution in [0, 0.1) is 6.92 Å². The van der Waals surface area contributed by atoms with Crippen LogP contribution >= 0.6 is 23.2 Å². The number of hydrogen-bond donors (Lipinski definition) is 0. The highest BCUT2D eigenvalue weighted by atomic mass is 35.5. The summed E-state index contributed by atoms with van der Waals surface area (Å²) in [4.78, 5) is 2.38. The van der Waals surface area contributed by atoms with Gasteiger partial charge in [-0.1, -0.05) is 47.0 Å². The highest BCUT2D eigenvalue weighted by Crippen LogP contribution is 2.32. The Balaban J connectivity index is 1.94. The Hall–Kier alpha value is -1.18. The second-order valence-corrected chi connectivity index (χ2v) is 6.17. The summed E-state index contributed by atoms with van der Waals surface area (Å²) >= 11 is 12.6. The molecule has 3 rings (SSSR count). The van der Waals surface area contributed by atoms with Crippen LogP contribution in [-0.4, -0.2) is 6.54 Å². The predicted octanol–water partition coefficient (Wildman–Crippen LogP) is 5.25. The van der Waals surface area contributed by atoms with Gasteiger partial charge in [0.2, 0.25) is 0 Å². The van der Waals surface area contributed by atoms with Gasteiger partial charge in [-0.25, -0.2) is 0 Å². The molecule has 0 amide bonds. The van der Waals surface area contributed by atoms with E-state index in [4.69, 9.17) is 23.2 Å². The van der Waals surface area contributed by atoms with E-state index in [1.54, 1.807) is 0 Å². The minimum Gasteiger partial charge on any atom is -0.367 e. The number of hydrogen-bond acceptors (Lipinski definition) is 1. The molecule has 1 heterocycles. The van der Waals surface area contributed by atoms with E-state index in [2.05, 4.69) is 30.0 Å². The number of rotatable bonds is 2. The van der Waals surface area contributed by atoms with Gasteiger partial charge in [0.25, 0.3) is 0 Å². The zero-order valence-corrected chi connectivity index (χ0v) is 13.0. The summed E-state index contributed by atoms with van der Waals surface area (Å²) in [7, 11) is 0. The lowest BCUT2D eigenvalue weighted by Crippen LogP contribution is -2.29. The minimum atomic E-state index is 0.747. The number of nitrogens with zero attached hydrogens (tertiary/aromatic N) is 1. The van der Waals surface area contributed by atoms with Crippen molar-refractivity contribution in [2.24, 2.45) is 0 Å². The lowest BCUT2D eigenvalue weighted by molar-refractivity contribution is 0.691.